The van der Waals surface area contributed by atoms with Crippen LogP contribution in [-0.4, -0.2) is 54.5 Å². The Labute approximate surface area is 184 Å². The van der Waals surface area contributed by atoms with Crippen molar-refractivity contribution >= 4 is 34.4 Å². The molecule has 9 nitrogen and oxygen atoms in total. The number of carbonyl (C=O) groups excluding carboxylic acids is 3. The van der Waals surface area contributed by atoms with E-state index in [-0.39, 0.29) is 18.9 Å². The monoisotopic (exact) mass is 436 g/mol. The van der Waals surface area contributed by atoms with Crippen LogP contribution in [0.5, 0.6) is 11.5 Å². The van der Waals surface area contributed by atoms with Crippen molar-refractivity contribution in [2.24, 2.45) is 0 Å². The van der Waals surface area contributed by atoms with Gasteiger partial charge in [-0.15, -0.1) is 0 Å². The van der Waals surface area contributed by atoms with Gasteiger partial charge in [0.1, 0.15) is 6.04 Å². The van der Waals surface area contributed by atoms with Gasteiger partial charge in [-0.1, -0.05) is 12.1 Å². The van der Waals surface area contributed by atoms with Crippen LogP contribution in [0.3, 0.4) is 0 Å². The molecule has 3 N–H and O–H groups in total. The first-order valence-corrected chi connectivity index (χ1v) is 10.2. The summed E-state index contributed by atoms with van der Waals surface area (Å²) in [4.78, 5) is 41.7. The number of aromatic amines is 1. The van der Waals surface area contributed by atoms with Crippen molar-refractivity contribution in [1.82, 2.24) is 15.2 Å². The van der Waals surface area contributed by atoms with E-state index in [1.54, 1.807) is 26.4 Å². The van der Waals surface area contributed by atoms with Gasteiger partial charge in [0.2, 0.25) is 5.91 Å². The lowest BCUT2D eigenvalue weighted by molar-refractivity contribution is -0.129. The van der Waals surface area contributed by atoms with E-state index in [4.69, 9.17) is 9.47 Å². The van der Waals surface area contributed by atoms with Gasteiger partial charge in [-0.3, -0.25) is 14.5 Å². The molecule has 0 spiro atoms. The highest BCUT2D eigenvalue weighted by Gasteiger charge is 2.38. The van der Waals surface area contributed by atoms with E-state index < -0.39 is 18.0 Å². The maximum Gasteiger partial charge on any atom is 0.324 e. The highest BCUT2D eigenvalue weighted by Crippen LogP contribution is 2.28. The van der Waals surface area contributed by atoms with Gasteiger partial charge in [-0.2, -0.15) is 0 Å². The smallest absolute Gasteiger partial charge is 0.324 e. The highest BCUT2D eigenvalue weighted by molar-refractivity contribution is 6.07. The molecular weight excluding hydrogens is 412 g/mol. The molecule has 4 amide bonds. The number of urea groups is 1. The molecule has 2 aromatic carbocycles. The van der Waals surface area contributed by atoms with Gasteiger partial charge in [0.05, 0.1) is 20.6 Å². The third kappa shape index (κ3) is 4.36. The summed E-state index contributed by atoms with van der Waals surface area (Å²) < 4.78 is 10.5. The minimum Gasteiger partial charge on any atom is -0.493 e. The van der Waals surface area contributed by atoms with Crippen molar-refractivity contribution < 1.29 is 23.9 Å². The standard InChI is InChI=1S/C23H24N4O5/c1-31-19-6-3-14(11-20(19)32-2)8-10-27-22(29)18(26-23(27)30)13-21(28)25-16-5-4-15-7-9-24-17(15)12-16/h3-7,9,11-12,18,24H,8,10,13H2,1-2H3,(H,25,28)(H,26,30)/t18-/m1/s1. The number of anilines is 1. The van der Waals surface area contributed by atoms with Crippen LogP contribution in [0.15, 0.2) is 48.7 Å². The van der Waals surface area contributed by atoms with E-state index in [0.29, 0.717) is 23.6 Å². The minimum absolute atomic E-state index is 0.139. The Balaban J connectivity index is 1.34. The summed E-state index contributed by atoms with van der Waals surface area (Å²) in [6.07, 6.45) is 2.13. The highest BCUT2D eigenvalue weighted by atomic mass is 16.5. The second-order valence-electron chi connectivity index (χ2n) is 7.46. The number of imide groups is 1. The second-order valence-corrected chi connectivity index (χ2v) is 7.46. The fourth-order valence-corrected chi connectivity index (χ4v) is 3.73. The van der Waals surface area contributed by atoms with Crippen molar-refractivity contribution in [2.45, 2.75) is 18.9 Å². The number of amides is 4. The predicted molar refractivity (Wildman–Crippen MR) is 119 cm³/mol. The maximum atomic E-state index is 12.7. The molecule has 1 atom stereocenters. The molecular formula is C23H24N4O5. The number of nitrogens with one attached hydrogen (secondary N) is 3. The first kappa shape index (κ1) is 21.2. The summed E-state index contributed by atoms with van der Waals surface area (Å²) >= 11 is 0. The number of carbonyl (C=O) groups is 3. The van der Waals surface area contributed by atoms with Crippen LogP contribution in [0.4, 0.5) is 10.5 Å². The molecule has 0 saturated carbocycles. The van der Waals surface area contributed by atoms with Gasteiger partial charge < -0.3 is 25.1 Å². The lowest BCUT2D eigenvalue weighted by Gasteiger charge is -2.14. The van der Waals surface area contributed by atoms with Crippen LogP contribution in [0.1, 0.15) is 12.0 Å². The number of ether oxygens (including phenoxy) is 2. The summed E-state index contributed by atoms with van der Waals surface area (Å²) in [5.74, 6) is 0.420. The number of methoxy groups -OCH3 is 2. The van der Waals surface area contributed by atoms with Crippen molar-refractivity contribution in [3.05, 3.63) is 54.2 Å². The Morgan fingerprint density at radius 2 is 1.88 bits per heavy atom. The van der Waals surface area contributed by atoms with E-state index in [1.807, 2.05) is 36.5 Å². The molecule has 2 heterocycles. The number of rotatable bonds is 8. The number of nitrogens with zero attached hydrogens (tertiary/aromatic N) is 1. The Hall–Kier alpha value is -4.01. The number of fused-ring (bicyclic) bond motifs is 1. The average Bonchev–Trinajstić information content (AvgIpc) is 3.35. The molecule has 32 heavy (non-hydrogen) atoms. The normalized spacial score (nSPS) is 15.7. The first-order chi connectivity index (χ1) is 15.5. The van der Waals surface area contributed by atoms with Crippen molar-refractivity contribution in [2.75, 3.05) is 26.1 Å². The molecule has 0 aliphatic carbocycles. The van der Waals surface area contributed by atoms with Crippen LogP contribution in [-0.2, 0) is 16.0 Å². The topological polar surface area (TPSA) is 113 Å². The van der Waals surface area contributed by atoms with E-state index in [0.717, 1.165) is 21.4 Å². The molecule has 1 fully saturated rings. The number of hydrogen-bond acceptors (Lipinski definition) is 5. The fourth-order valence-electron chi connectivity index (χ4n) is 3.73. The van der Waals surface area contributed by atoms with Gasteiger partial charge in [0, 0.05) is 23.9 Å². The molecule has 3 aromatic rings. The number of hydrogen-bond donors (Lipinski definition) is 3. The molecule has 1 aromatic heterocycles. The summed E-state index contributed by atoms with van der Waals surface area (Å²) in [5.41, 5.74) is 2.41. The molecule has 1 aliphatic rings. The Morgan fingerprint density at radius 3 is 2.66 bits per heavy atom. The lowest BCUT2D eigenvalue weighted by Crippen LogP contribution is -2.34. The van der Waals surface area contributed by atoms with Gasteiger partial charge in [0.15, 0.2) is 11.5 Å². The SMILES string of the molecule is COc1ccc(CCN2C(=O)N[C@H](CC(=O)Nc3ccc4cc[nH]c4c3)C2=O)cc1OC. The predicted octanol–water partition coefficient (Wildman–Crippen LogP) is 2.68. The van der Waals surface area contributed by atoms with Crippen molar-refractivity contribution in [3.63, 3.8) is 0 Å². The summed E-state index contributed by atoms with van der Waals surface area (Å²) in [6.45, 7) is 0.196. The van der Waals surface area contributed by atoms with Gasteiger partial charge in [-0.25, -0.2) is 4.79 Å². The molecule has 0 bridgehead atoms. The van der Waals surface area contributed by atoms with Gasteiger partial charge in [0.25, 0.3) is 5.91 Å². The zero-order valence-electron chi connectivity index (χ0n) is 17.8. The molecule has 0 unspecified atom stereocenters. The van der Waals surface area contributed by atoms with Crippen LogP contribution in [0.25, 0.3) is 10.9 Å². The molecule has 0 radical (unpaired) electrons. The fraction of sp³-hybridized carbons (Fsp3) is 0.261. The third-order valence-corrected chi connectivity index (χ3v) is 5.41. The molecule has 166 valence electrons. The molecule has 1 saturated heterocycles. The van der Waals surface area contributed by atoms with Crippen molar-refractivity contribution in [3.8, 4) is 11.5 Å². The Bertz CT molecular complexity index is 1170. The zero-order valence-corrected chi connectivity index (χ0v) is 17.8. The van der Waals surface area contributed by atoms with Crippen LogP contribution in [0.2, 0.25) is 0 Å². The average molecular weight is 436 g/mol. The minimum atomic E-state index is -0.887. The Morgan fingerprint density at radius 1 is 1.06 bits per heavy atom. The van der Waals surface area contributed by atoms with Gasteiger partial charge >= 0.3 is 6.03 Å². The van der Waals surface area contributed by atoms with E-state index in [9.17, 15) is 14.4 Å². The summed E-state index contributed by atoms with van der Waals surface area (Å²) in [6, 6.07) is 11.5. The lowest BCUT2D eigenvalue weighted by atomic mass is 10.1. The van der Waals surface area contributed by atoms with Crippen LogP contribution >= 0.6 is 0 Å². The zero-order chi connectivity index (χ0) is 22.7. The van der Waals surface area contributed by atoms with Gasteiger partial charge in [-0.05, 0) is 47.7 Å². The maximum absolute atomic E-state index is 12.7. The molecule has 4 rings (SSSR count). The quantitative estimate of drug-likeness (QED) is 0.470. The number of benzene rings is 2. The number of aromatic nitrogens is 1. The Kier molecular flexibility index (Phi) is 5.98. The third-order valence-electron chi connectivity index (χ3n) is 5.41. The van der Waals surface area contributed by atoms with Crippen molar-refractivity contribution in [1.29, 1.82) is 0 Å². The van der Waals surface area contributed by atoms with E-state index >= 15 is 0 Å². The summed E-state index contributed by atoms with van der Waals surface area (Å²) in [7, 11) is 3.10. The number of H-pyrrole nitrogens is 1. The summed E-state index contributed by atoms with van der Waals surface area (Å²) in [5, 5.41) is 6.41. The largest absolute Gasteiger partial charge is 0.493 e. The van der Waals surface area contributed by atoms with E-state index in [2.05, 4.69) is 15.6 Å². The molecule has 9 heteroatoms. The first-order valence-electron chi connectivity index (χ1n) is 10.2. The van der Waals surface area contributed by atoms with Crippen LogP contribution in [0, 0.1) is 0 Å². The van der Waals surface area contributed by atoms with E-state index in [1.165, 1.54) is 0 Å². The molecule has 1 aliphatic heterocycles. The van der Waals surface area contributed by atoms with Crippen LogP contribution < -0.4 is 20.1 Å². The second kappa shape index (κ2) is 9.01.